The lowest BCUT2D eigenvalue weighted by molar-refractivity contribution is -0.139. The molecular weight excluding hydrogens is 642 g/mol. The Morgan fingerprint density at radius 3 is 1.88 bits per heavy atom. The minimum Gasteiger partial charge on any atom is -0.508 e. The van der Waals surface area contributed by atoms with Crippen molar-refractivity contribution < 1.29 is 19.4 Å². The molecule has 0 aliphatic carbocycles. The molecule has 4 rings (SSSR count). The molecule has 218 valence electrons. The van der Waals surface area contributed by atoms with E-state index in [-0.39, 0.29) is 49.5 Å². The molecule has 0 aliphatic rings. The molecule has 11 heteroatoms. The summed E-state index contributed by atoms with van der Waals surface area (Å²) in [6, 6.07) is 21.5. The Labute approximate surface area is 268 Å². The number of hydrogen-bond donors (Lipinski definition) is 3. The maximum atomic E-state index is 13.4. The van der Waals surface area contributed by atoms with Crippen molar-refractivity contribution in [2.45, 2.75) is 31.3 Å². The van der Waals surface area contributed by atoms with Crippen LogP contribution in [0.5, 0.6) is 11.5 Å². The molecule has 1 amide bonds. The Balaban J connectivity index is 1.55. The van der Waals surface area contributed by atoms with Crippen molar-refractivity contribution in [1.29, 1.82) is 0 Å². The number of nitrogens with two attached hydrogens (primary N) is 1. The monoisotopic (exact) mass is 664 g/mol. The normalized spacial score (nSPS) is 12.4. The van der Waals surface area contributed by atoms with E-state index in [4.69, 9.17) is 68.5 Å². The summed E-state index contributed by atoms with van der Waals surface area (Å²) in [6.45, 7) is 0. The van der Waals surface area contributed by atoms with Gasteiger partial charge in [0, 0.05) is 6.42 Å². The molecule has 0 unspecified atom stereocenters. The van der Waals surface area contributed by atoms with Gasteiger partial charge in [0.25, 0.3) is 0 Å². The number of esters is 1. The maximum Gasteiger partial charge on any atom is 0.334 e. The van der Waals surface area contributed by atoms with Crippen LogP contribution in [0.2, 0.25) is 25.1 Å². The Kier molecular flexibility index (Phi) is 11.0. The van der Waals surface area contributed by atoms with E-state index in [0.717, 1.165) is 22.3 Å². The van der Waals surface area contributed by atoms with Crippen LogP contribution in [0.1, 0.15) is 22.3 Å². The molecular formula is C31H25Cl5N2O4. The van der Waals surface area contributed by atoms with E-state index in [1.54, 1.807) is 42.5 Å². The average molecular weight is 667 g/mol. The first-order valence-corrected chi connectivity index (χ1v) is 14.6. The summed E-state index contributed by atoms with van der Waals surface area (Å²) in [5, 5.41) is 12.0. The summed E-state index contributed by atoms with van der Waals surface area (Å²) in [6.07, 6.45) is 0.776. The number of rotatable bonds is 10. The minimum atomic E-state index is -1.17. The van der Waals surface area contributed by atoms with Crippen LogP contribution in [-0.4, -0.2) is 29.1 Å². The molecule has 0 fully saturated rings. The lowest BCUT2D eigenvalue weighted by Crippen LogP contribution is -2.51. The number of nitrogens with one attached hydrogen (secondary N) is 1. The van der Waals surface area contributed by atoms with E-state index in [1.165, 1.54) is 0 Å². The summed E-state index contributed by atoms with van der Waals surface area (Å²) in [7, 11) is 0. The van der Waals surface area contributed by atoms with E-state index in [9.17, 15) is 14.7 Å². The Hall–Kier alpha value is -2.97. The highest BCUT2D eigenvalue weighted by Gasteiger charge is 2.29. The van der Waals surface area contributed by atoms with Gasteiger partial charge in [-0.1, -0.05) is 125 Å². The first-order chi connectivity index (χ1) is 20.0. The van der Waals surface area contributed by atoms with Gasteiger partial charge in [0.05, 0.1) is 21.1 Å². The number of aromatic hydroxyl groups is 1. The standard InChI is InChI=1S/C31H25Cl5N2O4/c32-24-25(33)27(35)29(28(36)26(24)34)42-31(41)23(14-18-9-5-2-6-10-18)38-30(40)22(37)16-19-11-12-21(39)15-20(19)13-17-7-3-1-4-8-17/h1-12,15,22-23,39H,13-14,16,37H2,(H,38,40)/t22-,23-/m0/s1. The second kappa shape index (κ2) is 14.5. The number of phenolic OH excluding ortho intramolecular Hbond substituents is 1. The molecule has 2 atom stereocenters. The number of phenols is 1. The number of halogens is 5. The van der Waals surface area contributed by atoms with E-state index in [0.29, 0.717) is 6.42 Å². The van der Waals surface area contributed by atoms with Crippen molar-refractivity contribution in [1.82, 2.24) is 5.32 Å². The second-order valence-corrected chi connectivity index (χ2v) is 11.4. The molecule has 6 nitrogen and oxygen atoms in total. The van der Waals surface area contributed by atoms with Crippen molar-refractivity contribution in [2.75, 3.05) is 0 Å². The van der Waals surface area contributed by atoms with Crippen LogP contribution in [0.25, 0.3) is 0 Å². The fraction of sp³-hybridized carbons (Fsp3) is 0.161. The molecule has 4 aromatic rings. The second-order valence-electron chi connectivity index (χ2n) is 9.50. The van der Waals surface area contributed by atoms with E-state index < -0.39 is 24.0 Å². The summed E-state index contributed by atoms with van der Waals surface area (Å²) < 4.78 is 5.51. The number of carbonyl (C=O) groups is 2. The molecule has 0 spiro atoms. The van der Waals surface area contributed by atoms with Crippen LogP contribution in [0, 0.1) is 0 Å². The predicted octanol–water partition coefficient (Wildman–Crippen LogP) is 7.45. The van der Waals surface area contributed by atoms with Gasteiger partial charge < -0.3 is 20.9 Å². The maximum absolute atomic E-state index is 13.4. The average Bonchev–Trinajstić information content (AvgIpc) is 2.99. The van der Waals surface area contributed by atoms with Crippen molar-refractivity contribution in [3.05, 3.63) is 126 Å². The Morgan fingerprint density at radius 1 is 0.738 bits per heavy atom. The number of hydrogen-bond acceptors (Lipinski definition) is 5. The summed E-state index contributed by atoms with van der Waals surface area (Å²) >= 11 is 30.8. The van der Waals surface area contributed by atoms with Gasteiger partial charge in [-0.3, -0.25) is 4.79 Å². The van der Waals surface area contributed by atoms with Crippen LogP contribution in [0.15, 0.2) is 78.9 Å². The molecule has 42 heavy (non-hydrogen) atoms. The SMILES string of the molecule is N[C@@H](Cc1ccc(O)cc1Cc1ccccc1)C(=O)N[C@@H](Cc1ccccc1)C(=O)Oc1c(Cl)c(Cl)c(Cl)c(Cl)c1Cl. The molecule has 0 heterocycles. The fourth-order valence-electron chi connectivity index (χ4n) is 4.29. The highest BCUT2D eigenvalue weighted by molar-refractivity contribution is 6.55. The van der Waals surface area contributed by atoms with Gasteiger partial charge in [-0.05, 0) is 47.2 Å². The molecule has 0 saturated heterocycles. The summed E-state index contributed by atoms with van der Waals surface area (Å²) in [5.41, 5.74) is 9.72. The third-order valence-electron chi connectivity index (χ3n) is 6.46. The molecule has 0 aromatic heterocycles. The van der Waals surface area contributed by atoms with Crippen LogP contribution in [-0.2, 0) is 28.9 Å². The van der Waals surface area contributed by atoms with Gasteiger partial charge in [0.2, 0.25) is 5.91 Å². The van der Waals surface area contributed by atoms with Gasteiger partial charge in [-0.15, -0.1) is 0 Å². The summed E-state index contributed by atoms with van der Waals surface area (Å²) in [5.74, 6) is -1.63. The van der Waals surface area contributed by atoms with Crippen molar-refractivity contribution >= 4 is 69.9 Å². The third-order valence-corrected chi connectivity index (χ3v) is 8.70. The first-order valence-electron chi connectivity index (χ1n) is 12.7. The van der Waals surface area contributed by atoms with E-state index in [1.807, 2.05) is 36.4 Å². The third kappa shape index (κ3) is 7.90. The largest absolute Gasteiger partial charge is 0.508 e. The molecule has 4 aromatic carbocycles. The van der Waals surface area contributed by atoms with E-state index in [2.05, 4.69) is 5.32 Å². The highest BCUT2D eigenvalue weighted by Crippen LogP contribution is 2.48. The predicted molar refractivity (Wildman–Crippen MR) is 168 cm³/mol. The van der Waals surface area contributed by atoms with Crippen molar-refractivity contribution in [3.63, 3.8) is 0 Å². The fourth-order valence-corrected chi connectivity index (χ4v) is 5.49. The van der Waals surface area contributed by atoms with Crippen LogP contribution >= 0.6 is 58.0 Å². The molecule has 0 radical (unpaired) electrons. The number of ether oxygens (including phenoxy) is 1. The first kappa shape index (κ1) is 32.0. The number of benzene rings is 4. The van der Waals surface area contributed by atoms with Gasteiger partial charge in [-0.25, -0.2) is 4.79 Å². The van der Waals surface area contributed by atoms with Crippen LogP contribution in [0.4, 0.5) is 0 Å². The zero-order valence-corrected chi connectivity index (χ0v) is 25.7. The minimum absolute atomic E-state index is 0.0842. The number of carbonyl (C=O) groups excluding carboxylic acids is 2. The van der Waals surface area contributed by atoms with Crippen LogP contribution < -0.4 is 15.8 Å². The number of amides is 1. The smallest absolute Gasteiger partial charge is 0.334 e. The van der Waals surface area contributed by atoms with Gasteiger partial charge >= 0.3 is 5.97 Å². The van der Waals surface area contributed by atoms with Gasteiger partial charge in [0.1, 0.15) is 21.8 Å². The van der Waals surface area contributed by atoms with Crippen molar-refractivity contribution in [3.8, 4) is 11.5 Å². The van der Waals surface area contributed by atoms with Crippen molar-refractivity contribution in [2.24, 2.45) is 5.73 Å². The lowest BCUT2D eigenvalue weighted by Gasteiger charge is -2.22. The quantitative estimate of drug-likeness (QED) is 0.0707. The van der Waals surface area contributed by atoms with Gasteiger partial charge in [-0.2, -0.15) is 0 Å². The summed E-state index contributed by atoms with van der Waals surface area (Å²) in [4.78, 5) is 26.7. The Morgan fingerprint density at radius 2 is 1.29 bits per heavy atom. The molecule has 0 bridgehead atoms. The van der Waals surface area contributed by atoms with Gasteiger partial charge in [0.15, 0.2) is 5.75 Å². The Bertz CT molecular complexity index is 1560. The molecule has 0 saturated carbocycles. The highest BCUT2D eigenvalue weighted by atomic mass is 35.5. The van der Waals surface area contributed by atoms with Crippen LogP contribution in [0.3, 0.4) is 0 Å². The molecule has 4 N–H and O–H groups in total. The zero-order chi connectivity index (χ0) is 30.4. The lowest BCUT2D eigenvalue weighted by atomic mass is 9.95. The zero-order valence-electron chi connectivity index (χ0n) is 21.9. The molecule has 0 aliphatic heterocycles. The van der Waals surface area contributed by atoms with E-state index >= 15 is 0 Å². The topological polar surface area (TPSA) is 102 Å².